The van der Waals surface area contributed by atoms with Gasteiger partial charge in [0.25, 0.3) is 5.69 Å². The Kier molecular flexibility index (Phi) is 4.77. The lowest BCUT2D eigenvalue weighted by atomic mass is 10.1. The molecule has 0 aliphatic rings. The Bertz CT molecular complexity index is 659. The first-order chi connectivity index (χ1) is 9.97. The van der Waals surface area contributed by atoms with E-state index >= 15 is 0 Å². The molecule has 6 heteroatoms. The molecule has 2 aromatic rings. The van der Waals surface area contributed by atoms with Gasteiger partial charge >= 0.3 is 0 Å². The van der Waals surface area contributed by atoms with Crippen molar-refractivity contribution in [2.75, 3.05) is 0 Å². The maximum atomic E-state index is 11.0. The van der Waals surface area contributed by atoms with Gasteiger partial charge in [-0.2, -0.15) is 0 Å². The van der Waals surface area contributed by atoms with Crippen LogP contribution in [0.15, 0.2) is 42.5 Å². The number of nitro benzene ring substituents is 1. The molecule has 2 aromatic carbocycles. The molecule has 0 heterocycles. The highest BCUT2D eigenvalue weighted by atomic mass is 35.5. The minimum atomic E-state index is -0.469. The summed E-state index contributed by atoms with van der Waals surface area (Å²) in [6.07, 6.45) is 0. The van der Waals surface area contributed by atoms with E-state index in [1.165, 1.54) is 6.07 Å². The summed E-state index contributed by atoms with van der Waals surface area (Å²) in [6, 6.07) is 11.8. The summed E-state index contributed by atoms with van der Waals surface area (Å²) < 4.78 is 5.61. The smallest absolute Gasteiger partial charge is 0.277 e. The van der Waals surface area contributed by atoms with Crippen LogP contribution >= 0.6 is 11.6 Å². The molecule has 0 radical (unpaired) electrons. The van der Waals surface area contributed by atoms with Crippen molar-refractivity contribution >= 4 is 17.3 Å². The van der Waals surface area contributed by atoms with Crippen LogP contribution in [0.2, 0.25) is 5.02 Å². The third-order valence-corrected chi connectivity index (χ3v) is 3.26. The lowest BCUT2D eigenvalue weighted by Crippen LogP contribution is -2.05. The fourth-order valence-electron chi connectivity index (χ4n) is 1.88. The minimum Gasteiger partial charge on any atom is -0.489 e. The van der Waals surface area contributed by atoms with Gasteiger partial charge in [-0.25, -0.2) is 0 Å². The standard InChI is InChI=1S/C15H15ClN2O3/c1-10(17)11-3-2-4-14(7-11)21-9-12-5-6-13(16)8-15(12)18(19)20/h2-8,10H,9,17H2,1H3/t10-/m0/s1. The van der Waals surface area contributed by atoms with Crippen LogP contribution in [0.4, 0.5) is 5.69 Å². The summed E-state index contributed by atoms with van der Waals surface area (Å²) in [6.45, 7) is 1.97. The van der Waals surface area contributed by atoms with E-state index in [9.17, 15) is 10.1 Å². The molecule has 0 fully saturated rings. The third kappa shape index (κ3) is 3.93. The largest absolute Gasteiger partial charge is 0.489 e. The van der Waals surface area contributed by atoms with Crippen molar-refractivity contribution in [1.82, 2.24) is 0 Å². The Labute approximate surface area is 127 Å². The van der Waals surface area contributed by atoms with Crippen LogP contribution in [0.25, 0.3) is 0 Å². The number of nitrogens with two attached hydrogens (primary N) is 1. The average molecular weight is 307 g/mol. The van der Waals surface area contributed by atoms with Crippen LogP contribution in [0.3, 0.4) is 0 Å². The lowest BCUT2D eigenvalue weighted by Gasteiger charge is -2.10. The van der Waals surface area contributed by atoms with Gasteiger partial charge in [-0.15, -0.1) is 0 Å². The molecule has 0 aromatic heterocycles. The van der Waals surface area contributed by atoms with Crippen LogP contribution in [0.1, 0.15) is 24.1 Å². The Morgan fingerprint density at radius 3 is 2.76 bits per heavy atom. The van der Waals surface area contributed by atoms with Gasteiger partial charge in [0.15, 0.2) is 0 Å². The zero-order valence-corrected chi connectivity index (χ0v) is 12.2. The monoisotopic (exact) mass is 306 g/mol. The lowest BCUT2D eigenvalue weighted by molar-refractivity contribution is -0.385. The van der Waals surface area contributed by atoms with Gasteiger partial charge in [0, 0.05) is 17.1 Å². The molecule has 1 atom stereocenters. The topological polar surface area (TPSA) is 78.4 Å². The molecule has 0 amide bonds. The van der Waals surface area contributed by atoms with E-state index in [2.05, 4.69) is 0 Å². The fourth-order valence-corrected chi connectivity index (χ4v) is 2.04. The molecule has 0 spiro atoms. The molecule has 5 nitrogen and oxygen atoms in total. The molecule has 0 saturated heterocycles. The average Bonchev–Trinajstić information content (AvgIpc) is 2.46. The van der Waals surface area contributed by atoms with Crippen molar-refractivity contribution < 1.29 is 9.66 Å². The zero-order valence-electron chi connectivity index (χ0n) is 11.5. The van der Waals surface area contributed by atoms with E-state index in [1.54, 1.807) is 18.2 Å². The fraction of sp³-hybridized carbons (Fsp3) is 0.200. The molecule has 0 aliphatic heterocycles. The number of benzene rings is 2. The number of halogens is 1. The number of hydrogen-bond donors (Lipinski definition) is 1. The molecule has 0 saturated carbocycles. The van der Waals surface area contributed by atoms with E-state index in [4.69, 9.17) is 22.1 Å². The number of hydrogen-bond acceptors (Lipinski definition) is 4. The van der Waals surface area contributed by atoms with E-state index < -0.39 is 4.92 Å². The summed E-state index contributed by atoms with van der Waals surface area (Å²) >= 11 is 5.77. The van der Waals surface area contributed by atoms with Crippen LogP contribution in [0, 0.1) is 10.1 Å². The van der Waals surface area contributed by atoms with Gasteiger partial charge in [0.05, 0.1) is 10.5 Å². The number of nitrogens with zero attached hydrogens (tertiary/aromatic N) is 1. The number of nitro groups is 1. The van der Waals surface area contributed by atoms with Crippen molar-refractivity contribution in [3.05, 3.63) is 68.7 Å². The Morgan fingerprint density at radius 2 is 2.10 bits per heavy atom. The van der Waals surface area contributed by atoms with Crippen LogP contribution in [-0.4, -0.2) is 4.92 Å². The second-order valence-electron chi connectivity index (χ2n) is 4.68. The Hall–Kier alpha value is -2.11. The predicted octanol–water partition coefficient (Wildman–Crippen LogP) is 3.85. The number of ether oxygens (including phenoxy) is 1. The first-order valence-corrected chi connectivity index (χ1v) is 6.76. The van der Waals surface area contributed by atoms with E-state index in [0.29, 0.717) is 16.3 Å². The van der Waals surface area contributed by atoms with Crippen LogP contribution in [0.5, 0.6) is 5.75 Å². The molecule has 0 bridgehead atoms. The van der Waals surface area contributed by atoms with E-state index in [0.717, 1.165) is 5.56 Å². The van der Waals surface area contributed by atoms with Crippen molar-refractivity contribution in [1.29, 1.82) is 0 Å². The quantitative estimate of drug-likeness (QED) is 0.672. The zero-order chi connectivity index (χ0) is 15.4. The van der Waals surface area contributed by atoms with Crippen molar-refractivity contribution in [2.45, 2.75) is 19.6 Å². The molecule has 0 aliphatic carbocycles. The highest BCUT2D eigenvalue weighted by Crippen LogP contribution is 2.25. The first kappa shape index (κ1) is 15.3. The van der Waals surface area contributed by atoms with Gasteiger partial charge in [0.2, 0.25) is 0 Å². The summed E-state index contributed by atoms with van der Waals surface area (Å²) in [4.78, 5) is 10.5. The van der Waals surface area contributed by atoms with Gasteiger partial charge in [-0.1, -0.05) is 23.7 Å². The maximum absolute atomic E-state index is 11.0. The molecule has 0 unspecified atom stereocenters. The molecular weight excluding hydrogens is 292 g/mol. The van der Waals surface area contributed by atoms with Crippen LogP contribution < -0.4 is 10.5 Å². The van der Waals surface area contributed by atoms with Gasteiger partial charge in [-0.05, 0) is 36.8 Å². The van der Waals surface area contributed by atoms with E-state index in [-0.39, 0.29) is 18.3 Å². The molecule has 21 heavy (non-hydrogen) atoms. The summed E-state index contributed by atoms with van der Waals surface area (Å²) in [5.41, 5.74) is 7.17. The van der Waals surface area contributed by atoms with E-state index in [1.807, 2.05) is 25.1 Å². The Balaban J connectivity index is 2.17. The van der Waals surface area contributed by atoms with Crippen molar-refractivity contribution in [3.8, 4) is 5.75 Å². The minimum absolute atomic E-state index is 0.0501. The summed E-state index contributed by atoms with van der Waals surface area (Å²) in [7, 11) is 0. The molecule has 2 rings (SSSR count). The third-order valence-electron chi connectivity index (χ3n) is 3.02. The van der Waals surface area contributed by atoms with Crippen molar-refractivity contribution in [2.24, 2.45) is 5.73 Å². The van der Waals surface area contributed by atoms with Gasteiger partial charge in [-0.3, -0.25) is 10.1 Å². The Morgan fingerprint density at radius 1 is 1.33 bits per heavy atom. The van der Waals surface area contributed by atoms with Gasteiger partial charge < -0.3 is 10.5 Å². The van der Waals surface area contributed by atoms with Crippen LogP contribution in [-0.2, 0) is 6.61 Å². The second-order valence-corrected chi connectivity index (χ2v) is 5.12. The summed E-state index contributed by atoms with van der Waals surface area (Å²) in [5, 5.41) is 11.3. The summed E-state index contributed by atoms with van der Waals surface area (Å²) in [5.74, 6) is 0.619. The first-order valence-electron chi connectivity index (χ1n) is 6.38. The molecule has 110 valence electrons. The number of rotatable bonds is 5. The molecule has 2 N–H and O–H groups in total. The predicted molar refractivity (Wildman–Crippen MR) is 81.5 cm³/mol. The SMILES string of the molecule is C[C@H](N)c1cccc(OCc2ccc(Cl)cc2[N+](=O)[O-])c1. The molecular formula is C15H15ClN2O3. The second kappa shape index (κ2) is 6.56. The highest BCUT2D eigenvalue weighted by Gasteiger charge is 2.14. The van der Waals surface area contributed by atoms with Crippen molar-refractivity contribution in [3.63, 3.8) is 0 Å². The normalized spacial score (nSPS) is 12.0. The van der Waals surface area contributed by atoms with Gasteiger partial charge in [0.1, 0.15) is 12.4 Å². The highest BCUT2D eigenvalue weighted by molar-refractivity contribution is 6.30. The maximum Gasteiger partial charge on any atom is 0.277 e.